The van der Waals surface area contributed by atoms with Gasteiger partial charge in [0.2, 0.25) is 0 Å². The molecule has 2 nitrogen and oxygen atoms in total. The first kappa shape index (κ1) is 14.4. The molecule has 0 saturated carbocycles. The fourth-order valence-corrected chi connectivity index (χ4v) is 2.03. The van der Waals surface area contributed by atoms with Gasteiger partial charge in [-0.2, -0.15) is 0 Å². The predicted octanol–water partition coefficient (Wildman–Crippen LogP) is 3.13. The molecule has 1 rings (SSSR count). The number of rotatable bonds is 2. The van der Waals surface area contributed by atoms with E-state index >= 15 is 0 Å². The molecule has 4 heteroatoms. The highest BCUT2D eigenvalue weighted by atomic mass is 35.5. The lowest BCUT2D eigenvalue weighted by molar-refractivity contribution is 0.0698. The SMILES string of the molecule is CC.CCc1cc(P)c(C(=O)O)c(Cl)c1. The van der Waals surface area contributed by atoms with Crippen molar-refractivity contribution in [2.45, 2.75) is 27.2 Å². The lowest BCUT2D eigenvalue weighted by atomic mass is 10.1. The third kappa shape index (κ3) is 3.81. The van der Waals surface area contributed by atoms with Crippen LogP contribution in [-0.4, -0.2) is 11.1 Å². The van der Waals surface area contributed by atoms with Crippen LogP contribution >= 0.6 is 20.8 Å². The van der Waals surface area contributed by atoms with E-state index in [4.69, 9.17) is 16.7 Å². The van der Waals surface area contributed by atoms with Crippen molar-refractivity contribution in [2.24, 2.45) is 0 Å². The minimum Gasteiger partial charge on any atom is -0.478 e. The number of halogens is 1. The molecule has 0 radical (unpaired) electrons. The molecule has 0 spiro atoms. The zero-order valence-corrected chi connectivity index (χ0v) is 11.1. The molecule has 1 unspecified atom stereocenters. The van der Waals surface area contributed by atoms with Gasteiger partial charge in [-0.05, 0) is 23.4 Å². The zero-order valence-electron chi connectivity index (χ0n) is 9.17. The highest BCUT2D eigenvalue weighted by Gasteiger charge is 2.12. The van der Waals surface area contributed by atoms with Gasteiger partial charge < -0.3 is 5.11 Å². The third-order valence-electron chi connectivity index (χ3n) is 1.80. The molecule has 0 aliphatic heterocycles. The summed E-state index contributed by atoms with van der Waals surface area (Å²) in [5, 5.41) is 9.75. The van der Waals surface area contributed by atoms with Crippen LogP contribution < -0.4 is 5.30 Å². The second-order valence-electron chi connectivity index (χ2n) is 2.70. The van der Waals surface area contributed by atoms with Crippen LogP contribution in [0.15, 0.2) is 12.1 Å². The highest BCUT2D eigenvalue weighted by Crippen LogP contribution is 2.18. The van der Waals surface area contributed by atoms with Crippen molar-refractivity contribution in [3.05, 3.63) is 28.3 Å². The fraction of sp³-hybridized carbons (Fsp3) is 0.364. The number of aromatic carboxylic acids is 1. The van der Waals surface area contributed by atoms with Crippen molar-refractivity contribution in [3.63, 3.8) is 0 Å². The van der Waals surface area contributed by atoms with Crippen LogP contribution in [0.2, 0.25) is 5.02 Å². The molecule has 1 aromatic rings. The molecule has 0 heterocycles. The van der Waals surface area contributed by atoms with Gasteiger partial charge >= 0.3 is 5.97 Å². The minimum absolute atomic E-state index is 0.170. The lowest BCUT2D eigenvalue weighted by Crippen LogP contribution is -2.10. The standard InChI is InChI=1S/C9H10ClO2P.C2H6/c1-2-5-3-6(10)8(9(11)12)7(13)4-5;1-2/h3-4H,2,13H2,1H3,(H,11,12);1-2H3. The predicted molar refractivity (Wildman–Crippen MR) is 68.5 cm³/mol. The van der Waals surface area contributed by atoms with Gasteiger partial charge in [-0.1, -0.05) is 38.4 Å². The maximum Gasteiger partial charge on any atom is 0.337 e. The van der Waals surface area contributed by atoms with Gasteiger partial charge in [0.1, 0.15) is 0 Å². The van der Waals surface area contributed by atoms with Crippen LogP contribution in [0, 0.1) is 0 Å². The highest BCUT2D eigenvalue weighted by molar-refractivity contribution is 7.27. The van der Waals surface area contributed by atoms with Crippen molar-refractivity contribution >= 4 is 32.1 Å². The summed E-state index contributed by atoms with van der Waals surface area (Å²) >= 11 is 5.81. The molecule has 0 fully saturated rings. The monoisotopic (exact) mass is 246 g/mol. The van der Waals surface area contributed by atoms with Crippen LogP contribution in [0.5, 0.6) is 0 Å². The van der Waals surface area contributed by atoms with Gasteiger partial charge in [0.05, 0.1) is 10.6 Å². The van der Waals surface area contributed by atoms with E-state index in [2.05, 4.69) is 9.24 Å². The molecule has 1 atom stereocenters. The maximum absolute atomic E-state index is 10.7. The average molecular weight is 247 g/mol. The lowest BCUT2D eigenvalue weighted by Gasteiger charge is -2.05. The number of hydrogen-bond donors (Lipinski definition) is 1. The van der Waals surface area contributed by atoms with E-state index in [0.29, 0.717) is 10.3 Å². The first-order chi connectivity index (χ1) is 7.06. The van der Waals surface area contributed by atoms with Crippen LogP contribution in [0.3, 0.4) is 0 Å². The van der Waals surface area contributed by atoms with Gasteiger partial charge in [-0.25, -0.2) is 4.79 Å². The Bertz CT molecular complexity index is 327. The summed E-state index contributed by atoms with van der Waals surface area (Å²) in [5.41, 5.74) is 1.21. The van der Waals surface area contributed by atoms with E-state index in [1.165, 1.54) is 0 Å². The number of carboxylic acids is 1. The minimum atomic E-state index is -0.988. The van der Waals surface area contributed by atoms with E-state index < -0.39 is 5.97 Å². The molecule has 0 aliphatic rings. The topological polar surface area (TPSA) is 37.3 Å². The smallest absolute Gasteiger partial charge is 0.337 e. The average Bonchev–Trinajstić information content (AvgIpc) is 2.19. The Morgan fingerprint density at radius 3 is 2.33 bits per heavy atom. The summed E-state index contributed by atoms with van der Waals surface area (Å²) in [4.78, 5) is 10.7. The number of hydrogen-bond acceptors (Lipinski definition) is 1. The van der Waals surface area contributed by atoms with Gasteiger partial charge in [0.25, 0.3) is 0 Å². The molecular formula is C11H16ClO2P. The van der Waals surface area contributed by atoms with Crippen LogP contribution in [0.1, 0.15) is 36.7 Å². The summed E-state index contributed by atoms with van der Waals surface area (Å²) in [6, 6.07) is 3.51. The molecule has 0 aliphatic carbocycles. The molecule has 0 saturated heterocycles. The Balaban J connectivity index is 0.000000921. The number of carboxylic acid groups (broad SMARTS) is 1. The number of benzene rings is 1. The van der Waals surface area contributed by atoms with Gasteiger partial charge in [0.15, 0.2) is 0 Å². The summed E-state index contributed by atoms with van der Waals surface area (Å²) in [6.07, 6.45) is 0.848. The molecular weight excluding hydrogens is 231 g/mol. The van der Waals surface area contributed by atoms with Gasteiger partial charge in [-0.3, -0.25) is 0 Å². The van der Waals surface area contributed by atoms with E-state index in [-0.39, 0.29) is 5.56 Å². The maximum atomic E-state index is 10.7. The van der Waals surface area contributed by atoms with E-state index in [9.17, 15) is 4.79 Å². The zero-order chi connectivity index (χ0) is 12.0. The van der Waals surface area contributed by atoms with Crippen molar-refractivity contribution in [1.82, 2.24) is 0 Å². The second-order valence-corrected chi connectivity index (χ2v) is 3.73. The van der Waals surface area contributed by atoms with Crippen LogP contribution in [0.25, 0.3) is 0 Å². The fourth-order valence-electron chi connectivity index (χ4n) is 1.12. The Morgan fingerprint density at radius 1 is 1.47 bits per heavy atom. The summed E-state index contributed by atoms with van der Waals surface area (Å²) in [7, 11) is 2.39. The van der Waals surface area contributed by atoms with E-state index in [1.54, 1.807) is 6.07 Å². The van der Waals surface area contributed by atoms with Crippen molar-refractivity contribution in [3.8, 4) is 0 Å². The first-order valence-electron chi connectivity index (χ1n) is 4.87. The normalized spacial score (nSPS) is 9.13. The molecule has 84 valence electrons. The Morgan fingerprint density at radius 2 is 2.00 bits per heavy atom. The number of aryl methyl sites for hydroxylation is 1. The second kappa shape index (κ2) is 6.81. The Kier molecular flexibility index (Phi) is 6.55. The van der Waals surface area contributed by atoms with Crippen LogP contribution in [0.4, 0.5) is 0 Å². The largest absolute Gasteiger partial charge is 0.478 e. The molecule has 1 aromatic carbocycles. The summed E-state index contributed by atoms with van der Waals surface area (Å²) in [5.74, 6) is -0.988. The van der Waals surface area contributed by atoms with Gasteiger partial charge in [0, 0.05) is 0 Å². The molecule has 0 bridgehead atoms. The van der Waals surface area contributed by atoms with Crippen molar-refractivity contribution in [2.75, 3.05) is 0 Å². The first-order valence-corrected chi connectivity index (χ1v) is 5.83. The Hall–Kier alpha value is -0.590. The van der Waals surface area contributed by atoms with E-state index in [0.717, 1.165) is 12.0 Å². The van der Waals surface area contributed by atoms with Gasteiger partial charge in [-0.15, -0.1) is 9.24 Å². The summed E-state index contributed by atoms with van der Waals surface area (Å²) in [6.45, 7) is 6.00. The van der Waals surface area contributed by atoms with Crippen molar-refractivity contribution in [1.29, 1.82) is 0 Å². The number of carbonyl (C=O) groups is 1. The molecule has 0 amide bonds. The van der Waals surface area contributed by atoms with Crippen LogP contribution in [-0.2, 0) is 6.42 Å². The summed E-state index contributed by atoms with van der Waals surface area (Å²) < 4.78 is 0. The van der Waals surface area contributed by atoms with Crippen molar-refractivity contribution < 1.29 is 9.90 Å². The van der Waals surface area contributed by atoms with E-state index in [1.807, 2.05) is 26.8 Å². The quantitative estimate of drug-likeness (QED) is 0.814. The molecule has 1 N–H and O–H groups in total. The Labute approximate surface area is 97.9 Å². The third-order valence-corrected chi connectivity index (χ3v) is 2.56. The molecule has 15 heavy (non-hydrogen) atoms. The molecule has 0 aromatic heterocycles.